The molecule has 3 N–H and O–H groups in total. The SMILES string of the molecule is CCCCNC(=O)c1ccc(CNC(=NC)NCC(C)Oc2ccccc2F)cc1.I. The Balaban J connectivity index is 0.00000480. The molecule has 2 rings (SSSR count). The Morgan fingerprint density at radius 3 is 2.45 bits per heavy atom. The van der Waals surface area contributed by atoms with Gasteiger partial charge in [0.1, 0.15) is 6.10 Å². The van der Waals surface area contributed by atoms with Gasteiger partial charge in [-0.25, -0.2) is 4.39 Å². The first-order chi connectivity index (χ1) is 14.5. The van der Waals surface area contributed by atoms with Gasteiger partial charge in [-0.05, 0) is 43.2 Å². The largest absolute Gasteiger partial charge is 0.486 e. The van der Waals surface area contributed by atoms with Gasteiger partial charge >= 0.3 is 0 Å². The van der Waals surface area contributed by atoms with Crippen LogP contribution in [0.25, 0.3) is 0 Å². The maximum absolute atomic E-state index is 13.7. The van der Waals surface area contributed by atoms with Crippen LogP contribution in [0.15, 0.2) is 53.5 Å². The lowest BCUT2D eigenvalue weighted by molar-refractivity contribution is 0.0953. The fourth-order valence-corrected chi connectivity index (χ4v) is 2.70. The number of unbranched alkanes of at least 4 members (excludes halogenated alkanes) is 1. The molecule has 0 bridgehead atoms. The Labute approximate surface area is 201 Å². The van der Waals surface area contributed by atoms with Crippen molar-refractivity contribution < 1.29 is 13.9 Å². The van der Waals surface area contributed by atoms with E-state index in [1.807, 2.05) is 31.2 Å². The average Bonchev–Trinajstić information content (AvgIpc) is 2.76. The molecule has 8 heteroatoms. The molecule has 0 heterocycles. The number of carbonyl (C=O) groups is 1. The molecule has 6 nitrogen and oxygen atoms in total. The van der Waals surface area contributed by atoms with Crippen molar-refractivity contribution in [3.63, 3.8) is 0 Å². The van der Waals surface area contributed by atoms with Gasteiger partial charge in [-0.1, -0.05) is 37.6 Å². The summed E-state index contributed by atoms with van der Waals surface area (Å²) in [4.78, 5) is 16.2. The van der Waals surface area contributed by atoms with Gasteiger partial charge in [-0.2, -0.15) is 0 Å². The van der Waals surface area contributed by atoms with E-state index in [1.165, 1.54) is 6.07 Å². The van der Waals surface area contributed by atoms with Crippen molar-refractivity contribution in [2.24, 2.45) is 4.99 Å². The van der Waals surface area contributed by atoms with E-state index in [4.69, 9.17) is 4.74 Å². The number of aliphatic imine (C=N–C) groups is 1. The minimum Gasteiger partial charge on any atom is -0.486 e. The van der Waals surface area contributed by atoms with Gasteiger partial charge < -0.3 is 20.7 Å². The third kappa shape index (κ3) is 9.54. The normalized spacial score (nSPS) is 11.8. The molecule has 31 heavy (non-hydrogen) atoms. The average molecular weight is 542 g/mol. The predicted octanol–water partition coefficient (Wildman–Crippen LogP) is 4.11. The molecule has 0 aliphatic heterocycles. The highest BCUT2D eigenvalue weighted by Gasteiger charge is 2.09. The summed E-state index contributed by atoms with van der Waals surface area (Å²) in [5, 5.41) is 9.29. The van der Waals surface area contributed by atoms with E-state index < -0.39 is 0 Å². The van der Waals surface area contributed by atoms with E-state index in [2.05, 4.69) is 27.9 Å². The maximum atomic E-state index is 13.7. The van der Waals surface area contributed by atoms with Crippen molar-refractivity contribution in [3.05, 3.63) is 65.5 Å². The van der Waals surface area contributed by atoms with Gasteiger partial charge in [-0.15, -0.1) is 24.0 Å². The smallest absolute Gasteiger partial charge is 0.251 e. The number of ether oxygens (including phenoxy) is 1. The number of hydrogen-bond acceptors (Lipinski definition) is 3. The zero-order valence-corrected chi connectivity index (χ0v) is 20.6. The van der Waals surface area contributed by atoms with Crippen LogP contribution in [0.2, 0.25) is 0 Å². The number of guanidine groups is 1. The minimum absolute atomic E-state index is 0. The lowest BCUT2D eigenvalue weighted by Gasteiger charge is -2.18. The van der Waals surface area contributed by atoms with E-state index in [9.17, 15) is 9.18 Å². The highest BCUT2D eigenvalue weighted by atomic mass is 127. The van der Waals surface area contributed by atoms with Crippen LogP contribution in [-0.4, -0.2) is 38.1 Å². The first kappa shape index (κ1) is 26.7. The van der Waals surface area contributed by atoms with Crippen LogP contribution in [0.1, 0.15) is 42.6 Å². The van der Waals surface area contributed by atoms with Crippen molar-refractivity contribution in [1.82, 2.24) is 16.0 Å². The first-order valence-corrected chi connectivity index (χ1v) is 10.3. The molecule has 2 aromatic carbocycles. The Hall–Kier alpha value is -2.36. The van der Waals surface area contributed by atoms with Crippen molar-refractivity contribution in [1.29, 1.82) is 0 Å². The van der Waals surface area contributed by atoms with E-state index in [0.29, 0.717) is 31.2 Å². The highest BCUT2D eigenvalue weighted by molar-refractivity contribution is 14.0. The molecule has 0 fully saturated rings. The zero-order chi connectivity index (χ0) is 21.8. The summed E-state index contributed by atoms with van der Waals surface area (Å²) in [7, 11) is 1.68. The van der Waals surface area contributed by atoms with Crippen LogP contribution in [0, 0.1) is 5.82 Å². The molecule has 0 saturated carbocycles. The number of amides is 1. The number of hydrogen-bond donors (Lipinski definition) is 3. The Bertz CT molecular complexity index is 831. The lowest BCUT2D eigenvalue weighted by atomic mass is 10.1. The molecule has 0 aliphatic carbocycles. The standard InChI is InChI=1S/C23H31FN4O2.HI/c1-4-5-14-26-22(29)19-12-10-18(11-13-19)16-28-23(25-3)27-15-17(2)30-21-9-7-6-8-20(21)24;/h6-13,17H,4-5,14-16H2,1-3H3,(H,26,29)(H2,25,27,28);1H. The van der Waals surface area contributed by atoms with Crippen LogP contribution in [0.3, 0.4) is 0 Å². The molecule has 1 atom stereocenters. The molecule has 0 aromatic heterocycles. The second kappa shape index (κ2) is 14.6. The maximum Gasteiger partial charge on any atom is 0.251 e. The summed E-state index contributed by atoms with van der Waals surface area (Å²) < 4.78 is 19.3. The molecular weight excluding hydrogens is 510 g/mol. The number of carbonyl (C=O) groups excluding carboxylic acids is 1. The first-order valence-electron chi connectivity index (χ1n) is 10.3. The molecule has 170 valence electrons. The van der Waals surface area contributed by atoms with Crippen molar-refractivity contribution >= 4 is 35.8 Å². The van der Waals surface area contributed by atoms with Crippen molar-refractivity contribution in [3.8, 4) is 5.75 Å². The lowest BCUT2D eigenvalue weighted by Crippen LogP contribution is -2.41. The Morgan fingerprint density at radius 2 is 1.81 bits per heavy atom. The summed E-state index contributed by atoms with van der Waals surface area (Å²) in [6.45, 7) is 5.66. The minimum atomic E-state index is -0.380. The quantitative estimate of drug-likeness (QED) is 0.183. The van der Waals surface area contributed by atoms with Gasteiger partial charge in [0.25, 0.3) is 5.91 Å². The second-order valence-corrected chi connectivity index (χ2v) is 6.97. The van der Waals surface area contributed by atoms with E-state index in [1.54, 1.807) is 25.2 Å². The third-order valence-electron chi connectivity index (χ3n) is 4.44. The van der Waals surface area contributed by atoms with Crippen molar-refractivity contribution in [2.45, 2.75) is 39.3 Å². The van der Waals surface area contributed by atoms with Crippen LogP contribution in [0.4, 0.5) is 4.39 Å². The van der Waals surface area contributed by atoms with Crippen LogP contribution in [0.5, 0.6) is 5.75 Å². The van der Waals surface area contributed by atoms with Crippen molar-refractivity contribution in [2.75, 3.05) is 20.1 Å². The van der Waals surface area contributed by atoms with Crippen LogP contribution < -0.4 is 20.7 Å². The molecule has 2 aromatic rings. The highest BCUT2D eigenvalue weighted by Crippen LogP contribution is 2.16. The Morgan fingerprint density at radius 1 is 1.10 bits per heavy atom. The zero-order valence-electron chi connectivity index (χ0n) is 18.3. The number of halogens is 2. The third-order valence-corrected chi connectivity index (χ3v) is 4.44. The van der Waals surface area contributed by atoms with Gasteiger partial charge in [0, 0.05) is 25.7 Å². The fourth-order valence-electron chi connectivity index (χ4n) is 2.70. The molecule has 1 unspecified atom stereocenters. The van der Waals surface area contributed by atoms with E-state index >= 15 is 0 Å². The monoisotopic (exact) mass is 542 g/mol. The van der Waals surface area contributed by atoms with Gasteiger partial charge in [-0.3, -0.25) is 9.79 Å². The molecule has 1 amide bonds. The molecular formula is C23H32FIN4O2. The summed E-state index contributed by atoms with van der Waals surface area (Å²) in [5.41, 5.74) is 1.68. The van der Waals surface area contributed by atoms with Crippen LogP contribution in [-0.2, 0) is 6.54 Å². The number of benzene rings is 2. The topological polar surface area (TPSA) is 74.8 Å². The number of nitrogens with one attached hydrogen (secondary N) is 3. The molecule has 0 radical (unpaired) electrons. The van der Waals surface area contributed by atoms with Crippen LogP contribution >= 0.6 is 24.0 Å². The van der Waals surface area contributed by atoms with Gasteiger partial charge in [0.2, 0.25) is 0 Å². The Kier molecular flexibility index (Phi) is 12.6. The number of para-hydroxylation sites is 1. The summed E-state index contributed by atoms with van der Waals surface area (Å²) in [6.07, 6.45) is 1.78. The molecule has 0 saturated heterocycles. The molecule has 0 aliphatic rings. The second-order valence-electron chi connectivity index (χ2n) is 6.97. The van der Waals surface area contributed by atoms with E-state index in [0.717, 1.165) is 18.4 Å². The van der Waals surface area contributed by atoms with E-state index in [-0.39, 0.29) is 47.6 Å². The fraction of sp³-hybridized carbons (Fsp3) is 0.391. The van der Waals surface area contributed by atoms with Gasteiger partial charge in [0.15, 0.2) is 17.5 Å². The predicted molar refractivity (Wildman–Crippen MR) is 134 cm³/mol. The summed E-state index contributed by atoms with van der Waals surface area (Å²) in [6, 6.07) is 13.8. The summed E-state index contributed by atoms with van der Waals surface area (Å²) in [5.74, 6) is 0.410. The number of nitrogens with zero attached hydrogens (tertiary/aromatic N) is 1. The summed E-state index contributed by atoms with van der Waals surface area (Å²) >= 11 is 0. The molecule has 0 spiro atoms. The van der Waals surface area contributed by atoms with Gasteiger partial charge in [0.05, 0.1) is 6.54 Å². The number of rotatable bonds is 10.